The van der Waals surface area contributed by atoms with Crippen LogP contribution in [0.3, 0.4) is 0 Å². The third-order valence-corrected chi connectivity index (χ3v) is 2.81. The Bertz CT molecular complexity index is 491. The number of hydrogen-bond donors (Lipinski definition) is 1. The number of ether oxygens (including phenoxy) is 1. The fourth-order valence-electron chi connectivity index (χ4n) is 1.50. The number of amides is 1. The summed E-state index contributed by atoms with van der Waals surface area (Å²) in [5.74, 6) is 0.387. The molecule has 0 aliphatic carbocycles. The fraction of sp³-hybridized carbons (Fsp3) is 0.467. The minimum absolute atomic E-state index is 0.0540. The van der Waals surface area contributed by atoms with Crippen LogP contribution in [0.15, 0.2) is 24.3 Å². The van der Waals surface area contributed by atoms with Crippen molar-refractivity contribution in [2.24, 2.45) is 0 Å². The maximum absolute atomic E-state index is 12.1. The smallest absolute Gasteiger partial charge is 0.252 e. The van der Waals surface area contributed by atoms with Gasteiger partial charge in [-0.05, 0) is 45.4 Å². The number of rotatable bonds is 5. The van der Waals surface area contributed by atoms with Crippen molar-refractivity contribution in [3.63, 3.8) is 0 Å². The van der Waals surface area contributed by atoms with E-state index in [2.05, 4.69) is 11.4 Å². The van der Waals surface area contributed by atoms with Crippen LogP contribution in [-0.2, 0) is 0 Å². The minimum atomic E-state index is -0.841. The quantitative estimate of drug-likeness (QED) is 0.885. The van der Waals surface area contributed by atoms with Crippen LogP contribution in [0.1, 0.15) is 44.5 Å². The van der Waals surface area contributed by atoms with Gasteiger partial charge in [0.15, 0.2) is 0 Å². The normalized spacial score (nSPS) is 13.5. The van der Waals surface area contributed by atoms with Gasteiger partial charge in [-0.1, -0.05) is 13.0 Å². The lowest BCUT2D eigenvalue weighted by Gasteiger charge is -2.21. The van der Waals surface area contributed by atoms with Crippen LogP contribution >= 0.6 is 0 Å². The van der Waals surface area contributed by atoms with Crippen molar-refractivity contribution in [2.45, 2.75) is 45.8 Å². The number of nitrogens with one attached hydrogen (secondary N) is 1. The van der Waals surface area contributed by atoms with E-state index >= 15 is 0 Å². The second kappa shape index (κ2) is 6.24. The zero-order chi connectivity index (χ0) is 14.5. The monoisotopic (exact) mass is 260 g/mol. The molecule has 0 radical (unpaired) electrons. The van der Waals surface area contributed by atoms with Gasteiger partial charge in [0.25, 0.3) is 5.91 Å². The van der Waals surface area contributed by atoms with E-state index in [1.807, 2.05) is 20.8 Å². The van der Waals surface area contributed by atoms with Crippen LogP contribution < -0.4 is 10.1 Å². The molecule has 1 amide bonds. The Morgan fingerprint density at radius 1 is 1.53 bits per heavy atom. The Balaban J connectivity index is 2.86. The van der Waals surface area contributed by atoms with Crippen molar-refractivity contribution in [1.29, 1.82) is 5.26 Å². The number of nitriles is 1. The average Bonchev–Trinajstić information content (AvgIpc) is 2.38. The average molecular weight is 260 g/mol. The number of nitrogens with zero attached hydrogens (tertiary/aromatic N) is 1. The van der Waals surface area contributed by atoms with Crippen LogP contribution in [0, 0.1) is 11.3 Å². The van der Waals surface area contributed by atoms with E-state index < -0.39 is 5.54 Å². The predicted molar refractivity (Wildman–Crippen MR) is 74.0 cm³/mol. The lowest BCUT2D eigenvalue weighted by molar-refractivity contribution is 0.0922. The maximum Gasteiger partial charge on any atom is 0.252 e. The van der Waals surface area contributed by atoms with Crippen molar-refractivity contribution in [3.05, 3.63) is 29.8 Å². The number of benzene rings is 1. The summed E-state index contributed by atoms with van der Waals surface area (Å²) in [6.45, 7) is 7.42. The van der Waals surface area contributed by atoms with Gasteiger partial charge < -0.3 is 10.1 Å². The van der Waals surface area contributed by atoms with Gasteiger partial charge in [0.05, 0.1) is 12.2 Å². The standard InChI is InChI=1S/C15H20N2O2/c1-5-15(4,10-16)17-14(18)12-7-6-8-13(9-12)19-11(2)3/h6-9,11H,5H2,1-4H3,(H,17,18). The van der Waals surface area contributed by atoms with Crippen molar-refractivity contribution >= 4 is 5.91 Å². The molecule has 1 unspecified atom stereocenters. The molecule has 1 N–H and O–H groups in total. The highest BCUT2D eigenvalue weighted by Crippen LogP contribution is 2.16. The maximum atomic E-state index is 12.1. The molecule has 19 heavy (non-hydrogen) atoms. The first-order valence-corrected chi connectivity index (χ1v) is 6.40. The number of carbonyl (C=O) groups is 1. The molecule has 0 aliphatic rings. The number of hydrogen-bond acceptors (Lipinski definition) is 3. The molecule has 0 bridgehead atoms. The minimum Gasteiger partial charge on any atom is -0.491 e. The van der Waals surface area contributed by atoms with Gasteiger partial charge in [0.2, 0.25) is 0 Å². The lowest BCUT2D eigenvalue weighted by atomic mass is 10.0. The summed E-state index contributed by atoms with van der Waals surface area (Å²) in [6.07, 6.45) is 0.607. The molecule has 0 saturated heterocycles. The summed E-state index contributed by atoms with van der Waals surface area (Å²) >= 11 is 0. The van der Waals surface area contributed by atoms with Crippen molar-refractivity contribution in [2.75, 3.05) is 0 Å². The second-order valence-corrected chi connectivity index (χ2v) is 4.95. The topological polar surface area (TPSA) is 62.1 Å². The number of carbonyl (C=O) groups excluding carboxylic acids is 1. The highest BCUT2D eigenvalue weighted by molar-refractivity contribution is 5.95. The summed E-state index contributed by atoms with van der Waals surface area (Å²) in [5, 5.41) is 11.8. The molecular weight excluding hydrogens is 240 g/mol. The van der Waals surface area contributed by atoms with Gasteiger partial charge in [-0.25, -0.2) is 0 Å². The molecule has 0 aliphatic heterocycles. The second-order valence-electron chi connectivity index (χ2n) is 4.95. The molecule has 102 valence electrons. The van der Waals surface area contributed by atoms with Crippen LogP contribution in [0.25, 0.3) is 0 Å². The Hall–Kier alpha value is -2.02. The van der Waals surface area contributed by atoms with Crippen molar-refractivity contribution in [1.82, 2.24) is 5.32 Å². The van der Waals surface area contributed by atoms with Crippen LogP contribution in [0.4, 0.5) is 0 Å². The molecule has 1 atom stereocenters. The molecule has 1 aromatic carbocycles. The van der Waals surface area contributed by atoms with E-state index in [9.17, 15) is 4.79 Å². The first kappa shape index (κ1) is 15.0. The Kier molecular flexibility index (Phi) is 4.94. The lowest BCUT2D eigenvalue weighted by Crippen LogP contribution is -2.44. The largest absolute Gasteiger partial charge is 0.491 e. The van der Waals surface area contributed by atoms with Gasteiger partial charge >= 0.3 is 0 Å². The van der Waals surface area contributed by atoms with Crippen LogP contribution in [-0.4, -0.2) is 17.6 Å². The van der Waals surface area contributed by atoms with Gasteiger partial charge in [-0.2, -0.15) is 5.26 Å². The first-order valence-electron chi connectivity index (χ1n) is 6.40. The summed E-state index contributed by atoms with van der Waals surface area (Å²) in [7, 11) is 0. The summed E-state index contributed by atoms with van der Waals surface area (Å²) in [4.78, 5) is 12.1. The molecule has 0 heterocycles. The molecule has 1 aromatic rings. The molecule has 0 fully saturated rings. The summed E-state index contributed by atoms with van der Waals surface area (Å²) < 4.78 is 5.54. The molecule has 0 saturated carbocycles. The highest BCUT2D eigenvalue weighted by Gasteiger charge is 2.24. The Morgan fingerprint density at radius 2 is 2.21 bits per heavy atom. The van der Waals surface area contributed by atoms with Gasteiger partial charge in [-0.3, -0.25) is 4.79 Å². The zero-order valence-corrected chi connectivity index (χ0v) is 11.9. The van der Waals surface area contributed by atoms with E-state index in [1.165, 1.54) is 0 Å². The molecule has 4 heteroatoms. The van der Waals surface area contributed by atoms with Crippen molar-refractivity contribution < 1.29 is 9.53 Å². The summed E-state index contributed by atoms with van der Waals surface area (Å²) in [6, 6.07) is 9.07. The van der Waals surface area contributed by atoms with Gasteiger partial charge in [0, 0.05) is 5.56 Å². The molecule has 0 aromatic heterocycles. The molecule has 4 nitrogen and oxygen atoms in total. The third kappa shape index (κ3) is 4.29. The zero-order valence-electron chi connectivity index (χ0n) is 11.9. The van der Waals surface area contributed by atoms with Crippen LogP contribution in [0.2, 0.25) is 0 Å². The molecular formula is C15H20N2O2. The van der Waals surface area contributed by atoms with Crippen LogP contribution in [0.5, 0.6) is 5.75 Å². The van der Waals surface area contributed by atoms with E-state index in [4.69, 9.17) is 10.00 Å². The van der Waals surface area contributed by atoms with E-state index in [1.54, 1.807) is 31.2 Å². The highest BCUT2D eigenvalue weighted by atomic mass is 16.5. The third-order valence-electron chi connectivity index (χ3n) is 2.81. The summed E-state index contributed by atoms with van der Waals surface area (Å²) in [5.41, 5.74) is -0.348. The Morgan fingerprint density at radius 3 is 2.74 bits per heavy atom. The molecule has 1 rings (SSSR count). The predicted octanol–water partition coefficient (Wildman–Crippen LogP) is 2.90. The first-order chi connectivity index (χ1) is 8.90. The van der Waals surface area contributed by atoms with E-state index in [0.717, 1.165) is 0 Å². The molecule has 0 spiro atoms. The van der Waals surface area contributed by atoms with E-state index in [0.29, 0.717) is 17.7 Å². The fourth-order valence-corrected chi connectivity index (χ4v) is 1.50. The van der Waals surface area contributed by atoms with Gasteiger partial charge in [0.1, 0.15) is 11.3 Å². The SMILES string of the molecule is CCC(C)(C#N)NC(=O)c1cccc(OC(C)C)c1. The Labute approximate surface area is 114 Å². The van der Waals surface area contributed by atoms with Gasteiger partial charge in [-0.15, -0.1) is 0 Å². The van der Waals surface area contributed by atoms with E-state index in [-0.39, 0.29) is 12.0 Å². The van der Waals surface area contributed by atoms with Crippen molar-refractivity contribution in [3.8, 4) is 11.8 Å².